The van der Waals surface area contributed by atoms with Gasteiger partial charge in [0.15, 0.2) is 0 Å². The standard InChI is InChI=1S/C27H26BrN3O5S/c28-19-8-9-23-22(14-19)18(16-30(23)17-25(32)29-15-21-7-4-11-35-21)13-24-26(33)31(27(34)37-24)10-12-36-20-5-2-1-3-6-20/h1-3,5-6,8-9,13-14,16,21H,4,7,10-12,15,17H2,(H,29,32)/b24-13-/t21-/m1/s1. The van der Waals surface area contributed by atoms with Crippen molar-refractivity contribution >= 4 is 61.7 Å². The number of rotatable bonds is 9. The molecule has 0 bridgehead atoms. The molecule has 0 unspecified atom stereocenters. The molecule has 10 heteroatoms. The van der Waals surface area contributed by atoms with Gasteiger partial charge in [0.25, 0.3) is 11.1 Å². The summed E-state index contributed by atoms with van der Waals surface area (Å²) in [5.74, 6) is 0.223. The molecule has 3 amide bonds. The van der Waals surface area contributed by atoms with Crippen molar-refractivity contribution in [3.05, 3.63) is 69.7 Å². The Morgan fingerprint density at radius 2 is 2.05 bits per heavy atom. The first-order valence-electron chi connectivity index (χ1n) is 12.1. The van der Waals surface area contributed by atoms with Gasteiger partial charge in [-0.05, 0) is 61.0 Å². The number of carbonyl (C=O) groups is 3. The summed E-state index contributed by atoms with van der Waals surface area (Å²) >= 11 is 4.42. The molecule has 2 saturated heterocycles. The van der Waals surface area contributed by atoms with Gasteiger partial charge in [0.2, 0.25) is 5.91 Å². The normalized spacial score (nSPS) is 18.8. The van der Waals surface area contributed by atoms with E-state index in [1.165, 1.54) is 4.90 Å². The highest BCUT2D eigenvalue weighted by Gasteiger charge is 2.35. The predicted molar refractivity (Wildman–Crippen MR) is 146 cm³/mol. The third kappa shape index (κ3) is 6.08. The number of ether oxygens (including phenoxy) is 2. The second kappa shape index (κ2) is 11.5. The molecule has 0 saturated carbocycles. The van der Waals surface area contributed by atoms with Crippen LogP contribution in [0.4, 0.5) is 4.79 Å². The van der Waals surface area contributed by atoms with Crippen molar-refractivity contribution in [1.82, 2.24) is 14.8 Å². The molecule has 2 aromatic carbocycles. The van der Waals surface area contributed by atoms with Crippen LogP contribution in [0.15, 0.2) is 64.1 Å². The highest BCUT2D eigenvalue weighted by Crippen LogP contribution is 2.34. The van der Waals surface area contributed by atoms with Crippen molar-refractivity contribution in [3.63, 3.8) is 0 Å². The summed E-state index contributed by atoms with van der Waals surface area (Å²) in [5, 5.41) is 3.50. The Balaban J connectivity index is 1.30. The third-order valence-corrected chi connectivity index (χ3v) is 7.63. The van der Waals surface area contributed by atoms with Gasteiger partial charge in [-0.3, -0.25) is 19.3 Å². The van der Waals surface area contributed by atoms with Crippen molar-refractivity contribution in [2.24, 2.45) is 0 Å². The lowest BCUT2D eigenvalue weighted by Crippen LogP contribution is -2.34. The lowest BCUT2D eigenvalue weighted by Gasteiger charge is -2.13. The maximum absolute atomic E-state index is 13.0. The molecule has 0 aliphatic carbocycles. The molecule has 37 heavy (non-hydrogen) atoms. The Hall–Kier alpha value is -3.08. The van der Waals surface area contributed by atoms with Gasteiger partial charge >= 0.3 is 0 Å². The molecule has 1 aromatic heterocycles. The number of aromatic nitrogens is 1. The largest absolute Gasteiger partial charge is 0.492 e. The topological polar surface area (TPSA) is 89.9 Å². The van der Waals surface area contributed by atoms with Crippen LogP contribution in [0.1, 0.15) is 18.4 Å². The van der Waals surface area contributed by atoms with Crippen LogP contribution in [0.25, 0.3) is 17.0 Å². The van der Waals surface area contributed by atoms with Crippen LogP contribution in [0.3, 0.4) is 0 Å². The Bertz CT molecular complexity index is 1350. The number of para-hydroxylation sites is 1. The number of thioether (sulfide) groups is 1. The van der Waals surface area contributed by atoms with E-state index in [1.807, 2.05) is 59.3 Å². The molecule has 2 aliphatic heterocycles. The minimum absolute atomic E-state index is 0.0746. The molecule has 3 aromatic rings. The van der Waals surface area contributed by atoms with Crippen LogP contribution < -0.4 is 10.1 Å². The molecule has 3 heterocycles. The molecular formula is C27H26BrN3O5S. The fraction of sp³-hybridized carbons (Fsp3) is 0.296. The van der Waals surface area contributed by atoms with Gasteiger partial charge in [-0.2, -0.15) is 0 Å². The monoisotopic (exact) mass is 583 g/mol. The van der Waals surface area contributed by atoms with Gasteiger partial charge in [-0.1, -0.05) is 34.1 Å². The first-order chi connectivity index (χ1) is 18.0. The Kier molecular flexibility index (Phi) is 7.97. The molecule has 1 atom stereocenters. The van der Waals surface area contributed by atoms with E-state index in [-0.39, 0.29) is 42.9 Å². The number of halogens is 1. The number of nitrogens with one attached hydrogen (secondary N) is 1. The van der Waals surface area contributed by atoms with Gasteiger partial charge in [0.1, 0.15) is 18.9 Å². The molecule has 192 valence electrons. The van der Waals surface area contributed by atoms with Crippen LogP contribution in [0.5, 0.6) is 5.75 Å². The Morgan fingerprint density at radius 3 is 2.84 bits per heavy atom. The lowest BCUT2D eigenvalue weighted by atomic mass is 10.1. The third-order valence-electron chi connectivity index (χ3n) is 6.23. The van der Waals surface area contributed by atoms with Crippen molar-refractivity contribution in [1.29, 1.82) is 0 Å². The van der Waals surface area contributed by atoms with E-state index in [2.05, 4.69) is 21.2 Å². The quantitative estimate of drug-likeness (QED) is 0.363. The Labute approximate surface area is 227 Å². The van der Waals surface area contributed by atoms with Crippen molar-refractivity contribution in [2.75, 3.05) is 26.3 Å². The summed E-state index contributed by atoms with van der Waals surface area (Å²) in [6.07, 6.45) is 5.61. The molecular weight excluding hydrogens is 558 g/mol. The summed E-state index contributed by atoms with van der Waals surface area (Å²) in [7, 11) is 0. The molecule has 5 rings (SSSR count). The van der Waals surface area contributed by atoms with E-state index in [0.29, 0.717) is 17.2 Å². The fourth-order valence-electron chi connectivity index (χ4n) is 4.39. The van der Waals surface area contributed by atoms with Crippen LogP contribution in [0, 0.1) is 0 Å². The smallest absolute Gasteiger partial charge is 0.293 e. The number of amides is 3. The number of hydrogen-bond donors (Lipinski definition) is 1. The summed E-state index contributed by atoms with van der Waals surface area (Å²) in [6.45, 7) is 1.75. The molecule has 0 spiro atoms. The maximum Gasteiger partial charge on any atom is 0.293 e. The van der Waals surface area contributed by atoms with Gasteiger partial charge in [0.05, 0.1) is 17.6 Å². The van der Waals surface area contributed by atoms with Gasteiger partial charge in [0, 0.05) is 40.3 Å². The molecule has 8 nitrogen and oxygen atoms in total. The number of carbonyl (C=O) groups excluding carboxylic acids is 3. The van der Waals surface area contributed by atoms with Gasteiger partial charge in [-0.15, -0.1) is 0 Å². The average Bonchev–Trinajstić information content (AvgIpc) is 3.59. The molecule has 2 fully saturated rings. The van der Waals surface area contributed by atoms with E-state index >= 15 is 0 Å². The number of benzene rings is 2. The zero-order chi connectivity index (χ0) is 25.8. The summed E-state index contributed by atoms with van der Waals surface area (Å²) in [4.78, 5) is 39.8. The highest BCUT2D eigenvalue weighted by atomic mass is 79.9. The number of imide groups is 1. The first-order valence-corrected chi connectivity index (χ1v) is 13.7. The van der Waals surface area contributed by atoms with Gasteiger partial charge < -0.3 is 19.4 Å². The van der Waals surface area contributed by atoms with E-state index in [0.717, 1.165) is 52.1 Å². The highest BCUT2D eigenvalue weighted by molar-refractivity contribution is 9.10. The Morgan fingerprint density at radius 1 is 1.22 bits per heavy atom. The number of hydrogen-bond acceptors (Lipinski definition) is 6. The lowest BCUT2D eigenvalue weighted by molar-refractivity contribution is -0.123. The minimum atomic E-state index is -0.350. The fourth-order valence-corrected chi connectivity index (χ4v) is 5.61. The first kappa shape index (κ1) is 25.6. The van der Waals surface area contributed by atoms with E-state index in [4.69, 9.17) is 9.47 Å². The van der Waals surface area contributed by atoms with Gasteiger partial charge in [-0.25, -0.2) is 0 Å². The van der Waals surface area contributed by atoms with Crippen LogP contribution in [-0.2, 0) is 20.9 Å². The number of fused-ring (bicyclic) bond motifs is 1. The van der Waals surface area contributed by atoms with Crippen LogP contribution in [0.2, 0.25) is 0 Å². The molecule has 1 N–H and O–H groups in total. The second-order valence-electron chi connectivity index (χ2n) is 8.81. The van der Waals surface area contributed by atoms with E-state index in [9.17, 15) is 14.4 Å². The summed E-state index contributed by atoms with van der Waals surface area (Å²) in [6, 6.07) is 15.0. The van der Waals surface area contributed by atoms with Crippen LogP contribution >= 0.6 is 27.7 Å². The second-order valence-corrected chi connectivity index (χ2v) is 10.7. The van der Waals surface area contributed by atoms with Crippen molar-refractivity contribution < 1.29 is 23.9 Å². The summed E-state index contributed by atoms with van der Waals surface area (Å²) < 4.78 is 14.0. The van der Waals surface area contributed by atoms with Crippen LogP contribution in [-0.4, -0.2) is 58.9 Å². The predicted octanol–water partition coefficient (Wildman–Crippen LogP) is 4.81. The maximum atomic E-state index is 13.0. The SMILES string of the molecule is O=C(Cn1cc(/C=C2\SC(=O)N(CCOc3ccccc3)C2=O)c2cc(Br)ccc21)NC[C@H]1CCCO1. The zero-order valence-electron chi connectivity index (χ0n) is 20.0. The minimum Gasteiger partial charge on any atom is -0.492 e. The summed E-state index contributed by atoms with van der Waals surface area (Å²) in [5.41, 5.74) is 1.62. The van der Waals surface area contributed by atoms with Crippen molar-refractivity contribution in [3.8, 4) is 5.75 Å². The molecule has 2 aliphatic rings. The average molecular weight is 584 g/mol. The molecule has 0 radical (unpaired) electrons. The van der Waals surface area contributed by atoms with E-state index in [1.54, 1.807) is 6.08 Å². The number of nitrogens with zero attached hydrogens (tertiary/aromatic N) is 2. The van der Waals surface area contributed by atoms with Crippen molar-refractivity contribution in [2.45, 2.75) is 25.5 Å². The zero-order valence-corrected chi connectivity index (χ0v) is 22.4. The van der Waals surface area contributed by atoms with E-state index < -0.39 is 0 Å².